The number of fused-ring (bicyclic) bond motifs is 2. The van der Waals surface area contributed by atoms with E-state index >= 15 is 0 Å². The second-order valence-electron chi connectivity index (χ2n) is 6.10. The zero-order valence-corrected chi connectivity index (χ0v) is 13.4. The molecule has 1 unspecified atom stereocenters. The van der Waals surface area contributed by atoms with Crippen LogP contribution in [-0.4, -0.2) is 5.11 Å². The van der Waals surface area contributed by atoms with Crippen LogP contribution < -0.4 is 0 Å². The summed E-state index contributed by atoms with van der Waals surface area (Å²) in [6.07, 6.45) is 2.14. The van der Waals surface area contributed by atoms with E-state index in [0.717, 1.165) is 22.8 Å². The van der Waals surface area contributed by atoms with Crippen molar-refractivity contribution in [2.24, 2.45) is 0 Å². The van der Waals surface area contributed by atoms with E-state index in [-0.39, 0.29) is 0 Å². The average Bonchev–Trinajstić information content (AvgIpc) is 2.65. The van der Waals surface area contributed by atoms with Gasteiger partial charge in [-0.3, -0.25) is 0 Å². The molecule has 0 fully saturated rings. The lowest BCUT2D eigenvalue weighted by atomic mass is 9.91. The van der Waals surface area contributed by atoms with Crippen molar-refractivity contribution in [3.8, 4) is 0 Å². The first-order valence-corrected chi connectivity index (χ1v) is 8.28. The second-order valence-corrected chi connectivity index (χ2v) is 6.10. The molecule has 1 radical (unpaired) electrons. The van der Waals surface area contributed by atoms with Crippen molar-refractivity contribution in [3.63, 3.8) is 0 Å². The Bertz CT molecular complexity index is 919. The van der Waals surface area contributed by atoms with Crippen LogP contribution in [0.5, 0.6) is 0 Å². The molecule has 0 aliphatic carbocycles. The topological polar surface area (TPSA) is 20.2 Å². The highest BCUT2D eigenvalue weighted by Crippen LogP contribution is 2.34. The zero-order valence-electron chi connectivity index (χ0n) is 13.4. The SMILES string of the molecule is OC([CH]Cc1ccccc1)c1c2ccccc2cc2ccccc12. The van der Waals surface area contributed by atoms with Crippen LogP contribution in [0, 0.1) is 6.42 Å². The highest BCUT2D eigenvalue weighted by atomic mass is 16.3. The zero-order chi connectivity index (χ0) is 16.4. The molecule has 117 valence electrons. The van der Waals surface area contributed by atoms with Gasteiger partial charge in [-0.05, 0) is 51.6 Å². The molecule has 0 saturated heterocycles. The highest BCUT2D eigenvalue weighted by Gasteiger charge is 2.15. The fraction of sp³-hybridized carbons (Fsp3) is 0.0870. The van der Waals surface area contributed by atoms with E-state index in [0.29, 0.717) is 0 Å². The number of aliphatic hydroxyl groups excluding tert-OH is 1. The molecule has 1 heteroatoms. The maximum Gasteiger partial charge on any atom is 0.0837 e. The predicted molar refractivity (Wildman–Crippen MR) is 101 cm³/mol. The molecule has 0 spiro atoms. The van der Waals surface area contributed by atoms with Gasteiger partial charge in [0.05, 0.1) is 6.10 Å². The summed E-state index contributed by atoms with van der Waals surface area (Å²) < 4.78 is 0. The largest absolute Gasteiger partial charge is 0.388 e. The van der Waals surface area contributed by atoms with Gasteiger partial charge in [0.25, 0.3) is 0 Å². The first kappa shape index (κ1) is 14.9. The highest BCUT2D eigenvalue weighted by molar-refractivity contribution is 6.02. The molecule has 1 N–H and O–H groups in total. The van der Waals surface area contributed by atoms with Gasteiger partial charge < -0.3 is 5.11 Å². The van der Waals surface area contributed by atoms with Gasteiger partial charge in [-0.25, -0.2) is 0 Å². The third-order valence-corrected chi connectivity index (χ3v) is 4.53. The first-order chi connectivity index (χ1) is 11.8. The molecule has 4 aromatic carbocycles. The van der Waals surface area contributed by atoms with E-state index in [9.17, 15) is 5.11 Å². The molecule has 1 nitrogen and oxygen atoms in total. The van der Waals surface area contributed by atoms with Crippen molar-refractivity contribution >= 4 is 21.5 Å². The van der Waals surface area contributed by atoms with Gasteiger partial charge in [0.1, 0.15) is 0 Å². The molecule has 4 aromatic rings. The average molecular weight is 311 g/mol. The molecule has 0 aliphatic heterocycles. The summed E-state index contributed by atoms with van der Waals surface area (Å²) in [4.78, 5) is 0. The maximum absolute atomic E-state index is 10.9. The van der Waals surface area contributed by atoms with Crippen molar-refractivity contribution in [2.45, 2.75) is 12.5 Å². The molecular formula is C23H19O. The molecule has 1 atom stereocenters. The van der Waals surface area contributed by atoms with Crippen molar-refractivity contribution in [3.05, 3.63) is 102 Å². The summed E-state index contributed by atoms with van der Waals surface area (Å²) in [5, 5.41) is 15.5. The standard InChI is InChI=1S/C23H19O/c24-22(15-14-17-8-2-1-3-9-17)23-20-12-6-4-10-18(20)16-19-11-5-7-13-21(19)23/h1-13,15-16,22,24H,14H2. The minimum absolute atomic E-state index is 0.596. The van der Waals surface area contributed by atoms with Gasteiger partial charge in [0.15, 0.2) is 0 Å². The normalized spacial score (nSPS) is 12.5. The van der Waals surface area contributed by atoms with Gasteiger partial charge in [-0.15, -0.1) is 0 Å². The minimum atomic E-state index is -0.596. The fourth-order valence-electron chi connectivity index (χ4n) is 3.35. The molecule has 4 rings (SSSR count). The third kappa shape index (κ3) is 2.79. The summed E-state index contributed by atoms with van der Waals surface area (Å²) in [7, 11) is 0. The summed E-state index contributed by atoms with van der Waals surface area (Å²) in [5.74, 6) is 0. The molecule has 24 heavy (non-hydrogen) atoms. The maximum atomic E-state index is 10.9. The predicted octanol–water partition coefficient (Wildman–Crippen LogP) is 5.47. The number of hydrogen-bond acceptors (Lipinski definition) is 1. The summed E-state index contributed by atoms with van der Waals surface area (Å²) in [5.41, 5.74) is 2.21. The van der Waals surface area contributed by atoms with E-state index in [1.807, 2.05) is 48.9 Å². The Morgan fingerprint density at radius 1 is 0.708 bits per heavy atom. The molecule has 0 aromatic heterocycles. The van der Waals surface area contributed by atoms with E-state index in [1.54, 1.807) is 0 Å². The number of aliphatic hydroxyl groups is 1. The van der Waals surface area contributed by atoms with E-state index in [2.05, 4.69) is 42.5 Å². The van der Waals surface area contributed by atoms with Crippen LogP contribution in [0.3, 0.4) is 0 Å². The van der Waals surface area contributed by atoms with Crippen LogP contribution in [0.2, 0.25) is 0 Å². The number of benzene rings is 4. The Morgan fingerprint density at radius 3 is 1.88 bits per heavy atom. The first-order valence-electron chi connectivity index (χ1n) is 8.28. The Balaban J connectivity index is 1.78. The Morgan fingerprint density at radius 2 is 1.25 bits per heavy atom. The molecule has 0 amide bonds. The molecule has 0 saturated carbocycles. The summed E-state index contributed by atoms with van der Waals surface area (Å²) in [6, 6.07) is 29.0. The fourth-order valence-corrected chi connectivity index (χ4v) is 3.35. The Labute approximate surface area is 142 Å². The number of rotatable bonds is 4. The van der Waals surface area contributed by atoms with Crippen LogP contribution in [0.25, 0.3) is 21.5 Å². The van der Waals surface area contributed by atoms with E-state index in [4.69, 9.17) is 0 Å². The Hall–Kier alpha value is -2.64. The quantitative estimate of drug-likeness (QED) is 0.495. The Kier molecular flexibility index (Phi) is 4.02. The van der Waals surface area contributed by atoms with Crippen molar-refractivity contribution in [1.82, 2.24) is 0 Å². The molecular weight excluding hydrogens is 292 g/mol. The van der Waals surface area contributed by atoms with Crippen LogP contribution in [0.4, 0.5) is 0 Å². The van der Waals surface area contributed by atoms with Crippen LogP contribution in [0.1, 0.15) is 17.2 Å². The van der Waals surface area contributed by atoms with Gasteiger partial charge in [-0.2, -0.15) is 0 Å². The lowest BCUT2D eigenvalue weighted by Gasteiger charge is -2.17. The molecule has 0 heterocycles. The number of hydrogen-bond donors (Lipinski definition) is 1. The van der Waals surface area contributed by atoms with Crippen molar-refractivity contribution in [2.75, 3.05) is 0 Å². The van der Waals surface area contributed by atoms with Gasteiger partial charge in [-0.1, -0.05) is 78.9 Å². The lowest BCUT2D eigenvalue weighted by Crippen LogP contribution is -2.03. The monoisotopic (exact) mass is 311 g/mol. The van der Waals surface area contributed by atoms with Crippen LogP contribution in [-0.2, 0) is 6.42 Å². The van der Waals surface area contributed by atoms with Gasteiger partial charge in [0.2, 0.25) is 0 Å². The summed E-state index contributed by atoms with van der Waals surface area (Å²) >= 11 is 0. The lowest BCUT2D eigenvalue weighted by molar-refractivity contribution is 0.212. The van der Waals surface area contributed by atoms with Crippen LogP contribution >= 0.6 is 0 Å². The molecule has 0 aliphatic rings. The van der Waals surface area contributed by atoms with Gasteiger partial charge >= 0.3 is 0 Å². The van der Waals surface area contributed by atoms with Crippen LogP contribution in [0.15, 0.2) is 84.9 Å². The van der Waals surface area contributed by atoms with Crippen molar-refractivity contribution in [1.29, 1.82) is 0 Å². The minimum Gasteiger partial charge on any atom is -0.388 e. The smallest absolute Gasteiger partial charge is 0.0837 e. The van der Waals surface area contributed by atoms with E-state index < -0.39 is 6.10 Å². The summed E-state index contributed by atoms with van der Waals surface area (Å²) in [6.45, 7) is 0. The van der Waals surface area contributed by atoms with Crippen molar-refractivity contribution < 1.29 is 5.11 Å². The van der Waals surface area contributed by atoms with E-state index in [1.165, 1.54) is 16.3 Å². The third-order valence-electron chi connectivity index (χ3n) is 4.53. The molecule has 0 bridgehead atoms. The van der Waals surface area contributed by atoms with Gasteiger partial charge in [0, 0.05) is 0 Å². The second kappa shape index (κ2) is 6.46.